The first-order valence-corrected chi connectivity index (χ1v) is 6.89. The number of aromatic nitrogens is 1. The second-order valence-electron chi connectivity index (χ2n) is 4.89. The maximum atomic E-state index is 14.0. The summed E-state index contributed by atoms with van der Waals surface area (Å²) in [5.74, 6) is -0.0714. The first-order valence-electron chi connectivity index (χ1n) is 6.89. The van der Waals surface area contributed by atoms with Crippen LogP contribution in [0.2, 0.25) is 0 Å². The molecule has 1 aliphatic rings. The zero-order valence-corrected chi connectivity index (χ0v) is 11.2. The number of carbonyl (C=O) groups is 1. The summed E-state index contributed by atoms with van der Waals surface area (Å²) in [5, 5.41) is 5.57. The minimum Gasteiger partial charge on any atom is -0.368 e. The Morgan fingerprint density at radius 1 is 1.53 bits per heavy atom. The highest BCUT2D eigenvalue weighted by molar-refractivity contribution is 5.95. The van der Waals surface area contributed by atoms with Gasteiger partial charge >= 0.3 is 0 Å². The van der Waals surface area contributed by atoms with E-state index in [0.29, 0.717) is 13.1 Å². The van der Waals surface area contributed by atoms with Gasteiger partial charge in [0.1, 0.15) is 0 Å². The number of hydrogen-bond donors (Lipinski definition) is 2. The number of pyridine rings is 1. The van der Waals surface area contributed by atoms with Crippen LogP contribution >= 0.6 is 0 Å². The Labute approximate surface area is 112 Å². The number of halogens is 1. The Morgan fingerprint density at radius 3 is 2.95 bits per heavy atom. The Balaban J connectivity index is 1.91. The molecule has 2 N–H and O–H groups in total. The largest absolute Gasteiger partial charge is 0.368 e. The van der Waals surface area contributed by atoms with Gasteiger partial charge in [0.15, 0.2) is 11.6 Å². The molecular formula is C14H20FN3O. The van der Waals surface area contributed by atoms with E-state index in [2.05, 4.69) is 15.6 Å². The van der Waals surface area contributed by atoms with E-state index < -0.39 is 5.82 Å². The molecule has 0 aliphatic heterocycles. The maximum absolute atomic E-state index is 14.0. The molecule has 0 bridgehead atoms. The number of amides is 1. The zero-order chi connectivity index (χ0) is 13.7. The Kier molecular flexibility index (Phi) is 4.71. The lowest BCUT2D eigenvalue weighted by Gasteiger charge is -2.25. The molecule has 4 nitrogen and oxygen atoms in total. The summed E-state index contributed by atoms with van der Waals surface area (Å²) in [6, 6.07) is 1.41. The summed E-state index contributed by atoms with van der Waals surface area (Å²) in [5.41, 5.74) is 0.0551. The number of anilines is 1. The van der Waals surface area contributed by atoms with E-state index in [-0.39, 0.29) is 17.3 Å². The molecule has 1 heterocycles. The highest BCUT2D eigenvalue weighted by atomic mass is 19.1. The third kappa shape index (κ3) is 3.43. The average Bonchev–Trinajstić information content (AvgIpc) is 2.35. The van der Waals surface area contributed by atoms with Crippen molar-refractivity contribution < 1.29 is 9.18 Å². The van der Waals surface area contributed by atoms with E-state index in [0.717, 1.165) is 12.3 Å². The van der Waals surface area contributed by atoms with Gasteiger partial charge in [-0.3, -0.25) is 4.79 Å². The van der Waals surface area contributed by atoms with Crippen molar-refractivity contribution in [3.05, 3.63) is 23.6 Å². The van der Waals surface area contributed by atoms with Gasteiger partial charge in [0.05, 0.1) is 5.56 Å². The van der Waals surface area contributed by atoms with Gasteiger partial charge in [0, 0.05) is 19.3 Å². The molecule has 1 aromatic rings. The minimum atomic E-state index is -0.578. The third-order valence-corrected chi connectivity index (χ3v) is 3.54. The molecule has 0 saturated heterocycles. The lowest BCUT2D eigenvalue weighted by molar-refractivity contribution is 0.0945. The van der Waals surface area contributed by atoms with E-state index in [1.807, 2.05) is 6.92 Å². The van der Waals surface area contributed by atoms with Crippen LogP contribution in [0.15, 0.2) is 12.3 Å². The van der Waals surface area contributed by atoms with Gasteiger partial charge in [-0.05, 0) is 25.3 Å². The molecule has 1 saturated carbocycles. The monoisotopic (exact) mass is 265 g/mol. The third-order valence-electron chi connectivity index (χ3n) is 3.54. The van der Waals surface area contributed by atoms with Crippen molar-refractivity contribution >= 4 is 11.7 Å². The molecule has 0 aromatic carbocycles. The quantitative estimate of drug-likeness (QED) is 0.831. The Hall–Kier alpha value is -1.65. The van der Waals surface area contributed by atoms with Crippen molar-refractivity contribution in [3.8, 4) is 0 Å². The topological polar surface area (TPSA) is 54.0 Å². The first kappa shape index (κ1) is 13.8. The molecule has 1 amide bonds. The molecule has 0 spiro atoms. The van der Waals surface area contributed by atoms with Gasteiger partial charge < -0.3 is 10.6 Å². The van der Waals surface area contributed by atoms with E-state index >= 15 is 0 Å². The van der Waals surface area contributed by atoms with E-state index in [1.54, 1.807) is 0 Å². The van der Waals surface area contributed by atoms with Crippen molar-refractivity contribution in [2.75, 3.05) is 18.4 Å². The maximum Gasteiger partial charge on any atom is 0.254 e. The molecule has 2 rings (SSSR count). The molecule has 0 unspecified atom stereocenters. The highest BCUT2D eigenvalue weighted by Crippen LogP contribution is 2.28. The molecule has 5 heteroatoms. The molecule has 19 heavy (non-hydrogen) atoms. The van der Waals surface area contributed by atoms with Gasteiger partial charge in [-0.25, -0.2) is 9.37 Å². The lowest BCUT2D eigenvalue weighted by atomic mass is 9.83. The molecule has 1 fully saturated rings. The second-order valence-corrected chi connectivity index (χ2v) is 4.89. The average molecular weight is 265 g/mol. The van der Waals surface area contributed by atoms with Crippen molar-refractivity contribution in [3.63, 3.8) is 0 Å². The molecule has 0 atom stereocenters. The van der Waals surface area contributed by atoms with Gasteiger partial charge in [0.2, 0.25) is 0 Å². The number of rotatable bonds is 6. The zero-order valence-electron chi connectivity index (χ0n) is 11.2. The normalized spacial score (nSPS) is 14.8. The molecular weight excluding hydrogens is 245 g/mol. The smallest absolute Gasteiger partial charge is 0.254 e. The van der Waals surface area contributed by atoms with Crippen LogP contribution in [0.25, 0.3) is 0 Å². The van der Waals surface area contributed by atoms with Gasteiger partial charge in [-0.2, -0.15) is 0 Å². The lowest BCUT2D eigenvalue weighted by Crippen LogP contribution is -2.28. The van der Waals surface area contributed by atoms with Gasteiger partial charge in [-0.1, -0.05) is 19.3 Å². The fraction of sp³-hybridized carbons (Fsp3) is 0.571. The Bertz CT molecular complexity index is 446. The SMILES string of the molecule is CCNc1nccc(C(=O)NCCC2CCC2)c1F. The van der Waals surface area contributed by atoms with Crippen LogP contribution in [0, 0.1) is 11.7 Å². The summed E-state index contributed by atoms with van der Waals surface area (Å²) < 4.78 is 14.0. The summed E-state index contributed by atoms with van der Waals surface area (Å²) >= 11 is 0. The molecule has 104 valence electrons. The molecule has 1 aromatic heterocycles. The molecule has 0 radical (unpaired) electrons. The van der Waals surface area contributed by atoms with Crippen molar-refractivity contribution in [1.82, 2.24) is 10.3 Å². The number of carbonyl (C=O) groups excluding carboxylic acids is 1. The summed E-state index contributed by atoms with van der Waals surface area (Å²) in [7, 11) is 0. The number of hydrogen-bond acceptors (Lipinski definition) is 3. The van der Waals surface area contributed by atoms with Crippen molar-refractivity contribution in [2.24, 2.45) is 5.92 Å². The van der Waals surface area contributed by atoms with Crippen molar-refractivity contribution in [1.29, 1.82) is 0 Å². The predicted molar refractivity (Wildman–Crippen MR) is 72.6 cm³/mol. The van der Waals surface area contributed by atoms with Crippen LogP contribution < -0.4 is 10.6 Å². The van der Waals surface area contributed by atoms with Crippen LogP contribution in [0.3, 0.4) is 0 Å². The Morgan fingerprint density at radius 2 is 2.32 bits per heavy atom. The standard InChI is InChI=1S/C14H20FN3O/c1-2-16-13-12(15)11(7-9-17-13)14(19)18-8-6-10-4-3-5-10/h7,9-10H,2-6,8H2,1H3,(H,16,17)(H,18,19). The first-order chi connectivity index (χ1) is 9.22. The fourth-order valence-electron chi connectivity index (χ4n) is 2.18. The van der Waals surface area contributed by atoms with Gasteiger partial charge in [0.25, 0.3) is 5.91 Å². The van der Waals surface area contributed by atoms with E-state index in [9.17, 15) is 9.18 Å². The van der Waals surface area contributed by atoms with Crippen LogP contribution in [-0.4, -0.2) is 24.0 Å². The number of nitrogens with one attached hydrogen (secondary N) is 2. The molecule has 1 aliphatic carbocycles. The minimum absolute atomic E-state index is 0.0551. The van der Waals surface area contributed by atoms with Crippen LogP contribution in [-0.2, 0) is 0 Å². The fourth-order valence-corrected chi connectivity index (χ4v) is 2.18. The second kappa shape index (κ2) is 6.50. The summed E-state index contributed by atoms with van der Waals surface area (Å²) in [6.07, 6.45) is 6.23. The van der Waals surface area contributed by atoms with Crippen LogP contribution in [0.1, 0.15) is 43.0 Å². The van der Waals surface area contributed by atoms with Crippen LogP contribution in [0.5, 0.6) is 0 Å². The summed E-state index contributed by atoms with van der Waals surface area (Å²) in [4.78, 5) is 15.8. The number of nitrogens with zero attached hydrogens (tertiary/aromatic N) is 1. The highest BCUT2D eigenvalue weighted by Gasteiger charge is 2.18. The van der Waals surface area contributed by atoms with Crippen LogP contribution in [0.4, 0.5) is 10.2 Å². The van der Waals surface area contributed by atoms with Gasteiger partial charge in [-0.15, -0.1) is 0 Å². The predicted octanol–water partition coefficient (Wildman–Crippen LogP) is 2.57. The van der Waals surface area contributed by atoms with Crippen molar-refractivity contribution in [2.45, 2.75) is 32.6 Å². The van der Waals surface area contributed by atoms with E-state index in [1.165, 1.54) is 31.5 Å². The summed E-state index contributed by atoms with van der Waals surface area (Å²) in [6.45, 7) is 3.03. The van der Waals surface area contributed by atoms with E-state index in [4.69, 9.17) is 0 Å².